The summed E-state index contributed by atoms with van der Waals surface area (Å²) in [4.78, 5) is 0. The zero-order chi connectivity index (χ0) is 32.7. The van der Waals surface area contributed by atoms with Crippen LogP contribution in [0.25, 0.3) is 87.2 Å². The van der Waals surface area contributed by atoms with Crippen molar-refractivity contribution in [3.05, 3.63) is 157 Å². The van der Waals surface area contributed by atoms with Crippen molar-refractivity contribution >= 4 is 53.9 Å². The highest BCUT2D eigenvalue weighted by Crippen LogP contribution is 2.56. The molecule has 10 rings (SSSR count). The summed E-state index contributed by atoms with van der Waals surface area (Å²) >= 11 is 0. The van der Waals surface area contributed by atoms with E-state index in [-0.39, 0.29) is 5.41 Å². The van der Waals surface area contributed by atoms with E-state index in [1.54, 1.807) is 0 Å². The lowest BCUT2D eigenvalue weighted by Gasteiger charge is -2.32. The molecule has 0 radical (unpaired) electrons. The highest BCUT2D eigenvalue weighted by atomic mass is 14.4. The van der Waals surface area contributed by atoms with E-state index in [9.17, 15) is 0 Å². The topological polar surface area (TPSA) is 0 Å². The number of hydrogen-bond acceptors (Lipinski definition) is 0. The zero-order valence-corrected chi connectivity index (χ0v) is 28.2. The Morgan fingerprint density at radius 3 is 1.57 bits per heavy atom. The van der Waals surface area contributed by atoms with Crippen LogP contribution in [0.4, 0.5) is 0 Å². The first-order valence-corrected chi connectivity index (χ1v) is 18.1. The molecule has 0 amide bonds. The van der Waals surface area contributed by atoms with Gasteiger partial charge in [0.2, 0.25) is 0 Å². The monoisotopic (exact) mass is 626 g/mol. The Morgan fingerprint density at radius 1 is 0.367 bits per heavy atom. The van der Waals surface area contributed by atoms with Gasteiger partial charge in [-0.3, -0.25) is 0 Å². The molecule has 0 saturated carbocycles. The van der Waals surface area contributed by atoms with Crippen LogP contribution in [0.5, 0.6) is 0 Å². The predicted octanol–water partition coefficient (Wildman–Crippen LogP) is 14.1. The average molecular weight is 627 g/mol. The van der Waals surface area contributed by atoms with Crippen LogP contribution in [-0.2, 0) is 5.41 Å². The first-order valence-electron chi connectivity index (χ1n) is 18.1. The molecule has 0 aliphatic heterocycles. The van der Waals surface area contributed by atoms with Crippen molar-refractivity contribution in [2.45, 2.75) is 44.9 Å². The molecule has 9 aromatic carbocycles. The Morgan fingerprint density at radius 2 is 0.878 bits per heavy atom. The number of fused-ring (bicyclic) bond motifs is 7. The molecular weight excluding hydrogens is 589 g/mol. The number of benzene rings is 9. The van der Waals surface area contributed by atoms with Gasteiger partial charge in [0, 0.05) is 5.41 Å². The Kier molecular flexibility index (Phi) is 6.28. The van der Waals surface area contributed by atoms with E-state index in [4.69, 9.17) is 0 Å². The van der Waals surface area contributed by atoms with Crippen LogP contribution < -0.4 is 0 Å². The third kappa shape index (κ3) is 3.98. The summed E-state index contributed by atoms with van der Waals surface area (Å²) in [6, 6.07) is 55.4. The van der Waals surface area contributed by atoms with Crippen molar-refractivity contribution < 1.29 is 0 Å². The molecule has 1 aliphatic rings. The van der Waals surface area contributed by atoms with Gasteiger partial charge >= 0.3 is 0 Å². The molecule has 0 saturated heterocycles. The minimum Gasteiger partial charge on any atom is -0.0653 e. The largest absolute Gasteiger partial charge is 0.0653 e. The van der Waals surface area contributed by atoms with Crippen LogP contribution >= 0.6 is 0 Å². The molecule has 234 valence electrons. The average Bonchev–Trinajstić information content (AvgIpc) is 3.41. The van der Waals surface area contributed by atoms with Gasteiger partial charge in [-0.2, -0.15) is 0 Å². The molecular formula is C49H38. The van der Waals surface area contributed by atoms with E-state index >= 15 is 0 Å². The SMILES string of the molecule is CCCC1(CCC)c2cc(-c3cccc4ccccc34)ccc2-c2ccc(-c3ccc4c5ccccc5c5cccc6ccc3c4c65)cc21. The van der Waals surface area contributed by atoms with Crippen molar-refractivity contribution in [2.75, 3.05) is 0 Å². The van der Waals surface area contributed by atoms with Crippen LogP contribution in [0.3, 0.4) is 0 Å². The standard InChI is InChI=1S/C49H38/c1-3-27-49(28-4-2)45-29-33(36-17-9-12-31-11-5-6-14-35(31)36)20-22-40(45)41-23-21-34(30-46(41)49)37-25-26-44-39-16-8-7-15-38(39)42-18-10-13-32-19-24-43(37)48(44)47(32)42/h5-26,29-30H,3-4,27-28H2,1-2H3. The molecule has 0 fully saturated rings. The summed E-state index contributed by atoms with van der Waals surface area (Å²) in [6.07, 6.45) is 4.59. The molecule has 0 atom stereocenters. The highest BCUT2D eigenvalue weighted by molar-refractivity contribution is 6.35. The second-order valence-electron chi connectivity index (χ2n) is 14.2. The van der Waals surface area contributed by atoms with E-state index in [0.717, 1.165) is 25.7 Å². The van der Waals surface area contributed by atoms with E-state index in [2.05, 4.69) is 159 Å². The third-order valence-corrected chi connectivity index (χ3v) is 11.7. The van der Waals surface area contributed by atoms with Gasteiger partial charge in [-0.05, 0) is 123 Å². The molecule has 0 bridgehead atoms. The number of hydrogen-bond donors (Lipinski definition) is 0. The summed E-state index contributed by atoms with van der Waals surface area (Å²) in [7, 11) is 0. The third-order valence-electron chi connectivity index (χ3n) is 11.7. The fraction of sp³-hybridized carbons (Fsp3) is 0.143. The van der Waals surface area contributed by atoms with Crippen LogP contribution in [-0.4, -0.2) is 0 Å². The fourth-order valence-corrected chi connectivity index (χ4v) is 9.70. The van der Waals surface area contributed by atoms with E-state index < -0.39 is 0 Å². The van der Waals surface area contributed by atoms with Crippen LogP contribution in [0.1, 0.15) is 50.7 Å². The Balaban J connectivity index is 1.20. The van der Waals surface area contributed by atoms with Crippen molar-refractivity contribution in [1.82, 2.24) is 0 Å². The minimum absolute atomic E-state index is 0.00917. The second kappa shape index (κ2) is 10.8. The Hall–Kier alpha value is -5.46. The normalized spacial score (nSPS) is 13.6. The van der Waals surface area contributed by atoms with Gasteiger partial charge in [-0.25, -0.2) is 0 Å². The van der Waals surface area contributed by atoms with Gasteiger partial charge in [0.25, 0.3) is 0 Å². The van der Waals surface area contributed by atoms with Crippen LogP contribution in [0.2, 0.25) is 0 Å². The first-order chi connectivity index (χ1) is 24.2. The lowest BCUT2D eigenvalue weighted by molar-refractivity contribution is 0.436. The molecule has 0 heterocycles. The lowest BCUT2D eigenvalue weighted by Crippen LogP contribution is -2.25. The van der Waals surface area contributed by atoms with Crippen molar-refractivity contribution in [3.8, 4) is 33.4 Å². The molecule has 1 aliphatic carbocycles. The highest BCUT2D eigenvalue weighted by Gasteiger charge is 2.42. The summed E-state index contributed by atoms with van der Waals surface area (Å²) < 4.78 is 0. The maximum Gasteiger partial charge on any atom is 0.0215 e. The molecule has 49 heavy (non-hydrogen) atoms. The molecule has 0 N–H and O–H groups in total. The predicted molar refractivity (Wildman–Crippen MR) is 212 cm³/mol. The first kappa shape index (κ1) is 28.5. The van der Waals surface area contributed by atoms with Crippen LogP contribution in [0, 0.1) is 0 Å². The Labute approximate surface area is 288 Å². The van der Waals surface area contributed by atoms with Gasteiger partial charge in [-0.15, -0.1) is 0 Å². The molecule has 0 unspecified atom stereocenters. The quantitative estimate of drug-likeness (QED) is 0.127. The summed E-state index contributed by atoms with van der Waals surface area (Å²) in [5.41, 5.74) is 11.1. The van der Waals surface area contributed by atoms with Gasteiger partial charge in [0.15, 0.2) is 0 Å². The number of rotatable bonds is 6. The van der Waals surface area contributed by atoms with E-state index in [0.29, 0.717) is 0 Å². The molecule has 0 aromatic heterocycles. The summed E-state index contributed by atoms with van der Waals surface area (Å²) in [5, 5.41) is 13.4. The van der Waals surface area contributed by atoms with Crippen molar-refractivity contribution in [3.63, 3.8) is 0 Å². The zero-order valence-electron chi connectivity index (χ0n) is 28.2. The fourth-order valence-electron chi connectivity index (χ4n) is 9.70. The molecule has 9 aromatic rings. The smallest absolute Gasteiger partial charge is 0.0215 e. The maximum atomic E-state index is 2.57. The molecule has 0 nitrogen and oxygen atoms in total. The molecule has 0 heteroatoms. The minimum atomic E-state index is -0.00917. The van der Waals surface area contributed by atoms with Crippen molar-refractivity contribution in [2.24, 2.45) is 0 Å². The van der Waals surface area contributed by atoms with Gasteiger partial charge in [0.1, 0.15) is 0 Å². The van der Waals surface area contributed by atoms with E-state index in [1.165, 1.54) is 98.4 Å². The summed E-state index contributed by atoms with van der Waals surface area (Å²) in [5.74, 6) is 0. The van der Waals surface area contributed by atoms with Gasteiger partial charge < -0.3 is 0 Å². The summed E-state index contributed by atoms with van der Waals surface area (Å²) in [6.45, 7) is 4.72. The van der Waals surface area contributed by atoms with Gasteiger partial charge in [0.05, 0.1) is 0 Å². The molecule has 0 spiro atoms. The lowest BCUT2D eigenvalue weighted by atomic mass is 9.70. The second-order valence-corrected chi connectivity index (χ2v) is 14.2. The van der Waals surface area contributed by atoms with Crippen LogP contribution in [0.15, 0.2) is 146 Å². The van der Waals surface area contributed by atoms with Crippen molar-refractivity contribution in [1.29, 1.82) is 0 Å². The Bertz CT molecular complexity index is 2730. The maximum absolute atomic E-state index is 2.57. The van der Waals surface area contributed by atoms with Gasteiger partial charge in [-0.1, -0.05) is 160 Å². The van der Waals surface area contributed by atoms with E-state index in [1.807, 2.05) is 0 Å².